The Hall–Kier alpha value is -0.950. The van der Waals surface area contributed by atoms with E-state index in [2.05, 4.69) is 37.4 Å². The molecule has 20 heavy (non-hydrogen) atoms. The van der Waals surface area contributed by atoms with Gasteiger partial charge in [0, 0.05) is 50.6 Å². The molecule has 0 aromatic carbocycles. The standard InChI is InChI=1S/C14H22N4OS/c1-19-7-5-17(9-12-3-2-4-15-12)10-13-11-18-6-8-20-14(18)16-13/h6,8,11-12,15H,2-5,7,9-10H2,1H3. The zero-order valence-corrected chi connectivity index (χ0v) is 12.7. The first-order valence-corrected chi connectivity index (χ1v) is 8.09. The minimum absolute atomic E-state index is 0.621. The zero-order valence-electron chi connectivity index (χ0n) is 11.9. The number of thiazole rings is 1. The van der Waals surface area contributed by atoms with Gasteiger partial charge in [0.15, 0.2) is 4.96 Å². The van der Waals surface area contributed by atoms with E-state index in [0.717, 1.165) is 43.4 Å². The van der Waals surface area contributed by atoms with Gasteiger partial charge in [0.25, 0.3) is 0 Å². The number of hydrogen-bond acceptors (Lipinski definition) is 5. The molecule has 0 bridgehead atoms. The highest BCUT2D eigenvalue weighted by atomic mass is 32.1. The molecule has 0 saturated carbocycles. The molecule has 1 saturated heterocycles. The van der Waals surface area contributed by atoms with Crippen molar-refractivity contribution in [3.05, 3.63) is 23.5 Å². The minimum Gasteiger partial charge on any atom is -0.383 e. The SMILES string of the molecule is COCCN(Cc1cn2ccsc2n1)CC1CCCN1. The minimum atomic E-state index is 0.621. The molecular weight excluding hydrogens is 272 g/mol. The molecule has 1 fully saturated rings. The molecule has 0 aliphatic carbocycles. The third kappa shape index (κ3) is 3.38. The fourth-order valence-corrected chi connectivity index (χ4v) is 3.48. The van der Waals surface area contributed by atoms with E-state index < -0.39 is 0 Å². The third-order valence-electron chi connectivity index (χ3n) is 3.78. The van der Waals surface area contributed by atoms with Gasteiger partial charge in [0.2, 0.25) is 0 Å². The Morgan fingerprint density at radius 1 is 1.60 bits per heavy atom. The quantitative estimate of drug-likeness (QED) is 0.842. The van der Waals surface area contributed by atoms with E-state index in [-0.39, 0.29) is 0 Å². The van der Waals surface area contributed by atoms with E-state index in [1.54, 1.807) is 18.4 Å². The van der Waals surface area contributed by atoms with Gasteiger partial charge in [0.1, 0.15) is 0 Å². The van der Waals surface area contributed by atoms with Gasteiger partial charge in [-0.3, -0.25) is 9.30 Å². The molecule has 0 amide bonds. The van der Waals surface area contributed by atoms with E-state index in [1.807, 2.05) is 0 Å². The van der Waals surface area contributed by atoms with E-state index >= 15 is 0 Å². The molecule has 1 aliphatic rings. The summed E-state index contributed by atoms with van der Waals surface area (Å²) in [5, 5.41) is 5.63. The molecule has 110 valence electrons. The molecule has 5 nitrogen and oxygen atoms in total. The van der Waals surface area contributed by atoms with E-state index in [9.17, 15) is 0 Å². The van der Waals surface area contributed by atoms with Crippen molar-refractivity contribution in [1.29, 1.82) is 0 Å². The van der Waals surface area contributed by atoms with Crippen molar-refractivity contribution >= 4 is 16.3 Å². The Morgan fingerprint density at radius 2 is 2.55 bits per heavy atom. The topological polar surface area (TPSA) is 41.8 Å². The number of nitrogens with zero attached hydrogens (tertiary/aromatic N) is 3. The van der Waals surface area contributed by atoms with Crippen LogP contribution in [0.1, 0.15) is 18.5 Å². The molecule has 6 heteroatoms. The maximum Gasteiger partial charge on any atom is 0.193 e. The molecular formula is C14H22N4OS. The molecule has 2 aromatic heterocycles. The van der Waals surface area contributed by atoms with Gasteiger partial charge >= 0.3 is 0 Å². The smallest absolute Gasteiger partial charge is 0.193 e. The molecule has 3 heterocycles. The number of fused-ring (bicyclic) bond motifs is 1. The lowest BCUT2D eigenvalue weighted by Crippen LogP contribution is -2.38. The molecule has 0 spiro atoms. The van der Waals surface area contributed by atoms with Crippen LogP contribution in [0.5, 0.6) is 0 Å². The van der Waals surface area contributed by atoms with Crippen molar-refractivity contribution in [2.75, 3.05) is 33.4 Å². The summed E-state index contributed by atoms with van der Waals surface area (Å²) in [6.07, 6.45) is 6.77. The second kappa shape index (κ2) is 6.67. The van der Waals surface area contributed by atoms with E-state index in [1.165, 1.54) is 12.8 Å². The van der Waals surface area contributed by atoms with Crippen molar-refractivity contribution in [3.8, 4) is 0 Å². The fraction of sp³-hybridized carbons (Fsp3) is 0.643. The molecule has 1 atom stereocenters. The summed E-state index contributed by atoms with van der Waals surface area (Å²) in [5.41, 5.74) is 1.14. The monoisotopic (exact) mass is 294 g/mol. The second-order valence-corrected chi connectivity index (χ2v) is 6.22. The number of nitrogens with one attached hydrogen (secondary N) is 1. The van der Waals surface area contributed by atoms with Crippen molar-refractivity contribution in [2.24, 2.45) is 0 Å². The summed E-state index contributed by atoms with van der Waals surface area (Å²) >= 11 is 1.68. The maximum absolute atomic E-state index is 5.23. The summed E-state index contributed by atoms with van der Waals surface area (Å²) < 4.78 is 7.33. The lowest BCUT2D eigenvalue weighted by atomic mass is 10.2. The summed E-state index contributed by atoms with van der Waals surface area (Å²) in [4.78, 5) is 8.19. The van der Waals surface area contributed by atoms with Crippen LogP contribution in [0, 0.1) is 0 Å². The van der Waals surface area contributed by atoms with Gasteiger partial charge in [-0.1, -0.05) is 0 Å². The first-order valence-electron chi connectivity index (χ1n) is 7.21. The molecule has 3 rings (SSSR count). The molecule has 2 aromatic rings. The average molecular weight is 294 g/mol. The van der Waals surface area contributed by atoms with Gasteiger partial charge < -0.3 is 10.1 Å². The van der Waals surface area contributed by atoms with E-state index in [4.69, 9.17) is 4.74 Å². The normalized spacial score (nSPS) is 19.4. The van der Waals surface area contributed by atoms with Crippen LogP contribution < -0.4 is 5.32 Å². The van der Waals surface area contributed by atoms with Crippen LogP contribution in [0.25, 0.3) is 4.96 Å². The number of rotatable bonds is 7. The molecule has 1 N–H and O–H groups in total. The molecule has 0 radical (unpaired) electrons. The lowest BCUT2D eigenvalue weighted by Gasteiger charge is -2.24. The number of methoxy groups -OCH3 is 1. The summed E-state index contributed by atoms with van der Waals surface area (Å²) in [6.45, 7) is 4.86. The summed E-state index contributed by atoms with van der Waals surface area (Å²) in [5.74, 6) is 0. The molecule has 1 aliphatic heterocycles. The number of imidazole rings is 1. The van der Waals surface area contributed by atoms with Crippen molar-refractivity contribution in [2.45, 2.75) is 25.4 Å². The Bertz CT molecular complexity index is 503. The largest absolute Gasteiger partial charge is 0.383 e. The van der Waals surface area contributed by atoms with E-state index in [0.29, 0.717) is 6.04 Å². The van der Waals surface area contributed by atoms with Gasteiger partial charge in [-0.15, -0.1) is 11.3 Å². The van der Waals surface area contributed by atoms with Crippen LogP contribution >= 0.6 is 11.3 Å². The van der Waals surface area contributed by atoms with Crippen LogP contribution in [0.4, 0.5) is 0 Å². The number of ether oxygens (including phenoxy) is 1. The molecule has 1 unspecified atom stereocenters. The van der Waals surface area contributed by atoms with Gasteiger partial charge in [-0.2, -0.15) is 0 Å². The Morgan fingerprint density at radius 3 is 3.30 bits per heavy atom. The zero-order chi connectivity index (χ0) is 13.8. The van der Waals surface area contributed by atoms with Crippen molar-refractivity contribution in [3.63, 3.8) is 0 Å². The highest BCUT2D eigenvalue weighted by Gasteiger charge is 2.18. The Balaban J connectivity index is 1.63. The highest BCUT2D eigenvalue weighted by molar-refractivity contribution is 7.15. The van der Waals surface area contributed by atoms with Crippen LogP contribution in [0.3, 0.4) is 0 Å². The van der Waals surface area contributed by atoms with Crippen LogP contribution in [0.15, 0.2) is 17.8 Å². The second-order valence-electron chi connectivity index (χ2n) is 5.35. The van der Waals surface area contributed by atoms with Crippen LogP contribution in [-0.4, -0.2) is 53.7 Å². The summed E-state index contributed by atoms with van der Waals surface area (Å²) in [7, 11) is 1.76. The predicted molar refractivity (Wildman–Crippen MR) is 81.2 cm³/mol. The summed E-state index contributed by atoms with van der Waals surface area (Å²) in [6, 6.07) is 0.621. The fourth-order valence-electron chi connectivity index (χ4n) is 2.76. The lowest BCUT2D eigenvalue weighted by molar-refractivity contribution is 0.137. The highest BCUT2D eigenvalue weighted by Crippen LogP contribution is 2.14. The van der Waals surface area contributed by atoms with Crippen LogP contribution in [0.2, 0.25) is 0 Å². The first kappa shape index (κ1) is 14.0. The average Bonchev–Trinajstić information content (AvgIpc) is 3.12. The van der Waals surface area contributed by atoms with Gasteiger partial charge in [-0.05, 0) is 19.4 Å². The number of aromatic nitrogens is 2. The Kier molecular flexibility index (Phi) is 4.67. The van der Waals surface area contributed by atoms with Crippen molar-refractivity contribution in [1.82, 2.24) is 19.6 Å². The van der Waals surface area contributed by atoms with Gasteiger partial charge in [-0.25, -0.2) is 4.98 Å². The number of hydrogen-bond donors (Lipinski definition) is 1. The third-order valence-corrected chi connectivity index (χ3v) is 4.55. The maximum atomic E-state index is 5.23. The Labute approximate surface area is 123 Å². The first-order chi connectivity index (χ1) is 9.85. The van der Waals surface area contributed by atoms with Gasteiger partial charge in [0.05, 0.1) is 12.3 Å². The van der Waals surface area contributed by atoms with Crippen LogP contribution in [-0.2, 0) is 11.3 Å². The van der Waals surface area contributed by atoms with Crippen molar-refractivity contribution < 1.29 is 4.74 Å². The predicted octanol–water partition coefficient (Wildman–Crippen LogP) is 1.60.